The van der Waals surface area contributed by atoms with E-state index in [0.29, 0.717) is 16.8 Å². The number of amides is 1. The molecule has 2 aromatic rings. The Kier molecular flexibility index (Phi) is 4.93. The van der Waals surface area contributed by atoms with Gasteiger partial charge in [0.2, 0.25) is 0 Å². The van der Waals surface area contributed by atoms with E-state index in [1.165, 1.54) is 6.07 Å². The van der Waals surface area contributed by atoms with Crippen molar-refractivity contribution in [3.05, 3.63) is 59.4 Å². The zero-order valence-corrected chi connectivity index (χ0v) is 12.2. The number of nitrogens with one attached hydrogen (secondary N) is 2. The Morgan fingerprint density at radius 3 is 2.57 bits per heavy atom. The molecule has 1 amide bonds. The second-order valence-corrected chi connectivity index (χ2v) is 4.84. The van der Waals surface area contributed by atoms with Gasteiger partial charge in [-0.15, -0.1) is 0 Å². The number of hydrogen-bond acceptors (Lipinski definition) is 2. The normalized spacial score (nSPS) is 10.2. The Hall–Kier alpha value is -2.36. The van der Waals surface area contributed by atoms with Gasteiger partial charge >= 0.3 is 0 Å². The van der Waals surface area contributed by atoms with Crippen LogP contribution in [0.4, 0.5) is 15.8 Å². The Morgan fingerprint density at radius 1 is 1.10 bits per heavy atom. The second kappa shape index (κ2) is 6.88. The lowest BCUT2D eigenvalue weighted by Gasteiger charge is -2.13. The Morgan fingerprint density at radius 2 is 1.81 bits per heavy atom. The molecule has 4 heteroatoms. The minimum Gasteiger partial charge on any atom is -0.384 e. The van der Waals surface area contributed by atoms with Gasteiger partial charge in [-0.1, -0.05) is 25.1 Å². The first-order chi connectivity index (χ1) is 10.1. The highest BCUT2D eigenvalue weighted by Crippen LogP contribution is 2.21. The fraction of sp³-hybridized carbons (Fsp3) is 0.235. The van der Waals surface area contributed by atoms with E-state index in [-0.39, 0.29) is 11.7 Å². The molecule has 0 spiro atoms. The number of para-hydroxylation sites is 1. The van der Waals surface area contributed by atoms with Crippen molar-refractivity contribution in [1.29, 1.82) is 0 Å². The summed E-state index contributed by atoms with van der Waals surface area (Å²) in [7, 11) is 0. The number of carbonyl (C=O) groups excluding carboxylic acids is 1. The van der Waals surface area contributed by atoms with Crippen LogP contribution in [0, 0.1) is 12.7 Å². The molecule has 0 aliphatic heterocycles. The van der Waals surface area contributed by atoms with Gasteiger partial charge in [0, 0.05) is 23.5 Å². The van der Waals surface area contributed by atoms with Crippen molar-refractivity contribution < 1.29 is 9.18 Å². The predicted molar refractivity (Wildman–Crippen MR) is 84.3 cm³/mol. The van der Waals surface area contributed by atoms with Crippen molar-refractivity contribution in [1.82, 2.24) is 0 Å². The first-order valence-electron chi connectivity index (χ1n) is 7.03. The van der Waals surface area contributed by atoms with Crippen LogP contribution in [-0.2, 0) is 0 Å². The van der Waals surface area contributed by atoms with Crippen molar-refractivity contribution in [3.63, 3.8) is 0 Å². The molecule has 0 heterocycles. The highest BCUT2D eigenvalue weighted by molar-refractivity contribution is 6.08. The van der Waals surface area contributed by atoms with Crippen LogP contribution in [0.25, 0.3) is 0 Å². The van der Waals surface area contributed by atoms with Crippen molar-refractivity contribution in [2.45, 2.75) is 20.3 Å². The second-order valence-electron chi connectivity index (χ2n) is 4.84. The summed E-state index contributed by atoms with van der Waals surface area (Å²) in [5, 5.41) is 5.99. The van der Waals surface area contributed by atoms with Gasteiger partial charge < -0.3 is 10.6 Å². The number of anilines is 2. The number of carbonyl (C=O) groups is 1. The van der Waals surface area contributed by atoms with E-state index >= 15 is 0 Å². The summed E-state index contributed by atoms with van der Waals surface area (Å²) in [6, 6.07) is 12.0. The molecule has 0 radical (unpaired) electrons. The van der Waals surface area contributed by atoms with Crippen molar-refractivity contribution in [2.24, 2.45) is 0 Å². The quantitative estimate of drug-likeness (QED) is 0.864. The fourth-order valence-electron chi connectivity index (χ4n) is 2.03. The van der Waals surface area contributed by atoms with E-state index in [1.54, 1.807) is 25.1 Å². The predicted octanol–water partition coefficient (Wildman–Crippen LogP) is 4.21. The first kappa shape index (κ1) is 15.0. The maximum absolute atomic E-state index is 13.5. The smallest absolute Gasteiger partial charge is 0.257 e. The highest BCUT2D eigenvalue weighted by atomic mass is 19.1. The largest absolute Gasteiger partial charge is 0.384 e. The molecule has 2 N–H and O–H groups in total. The lowest BCUT2D eigenvalue weighted by Crippen LogP contribution is -2.16. The van der Waals surface area contributed by atoms with E-state index in [4.69, 9.17) is 0 Å². The highest BCUT2D eigenvalue weighted by Gasteiger charge is 2.12. The van der Waals surface area contributed by atoms with E-state index < -0.39 is 0 Å². The molecule has 0 fully saturated rings. The number of halogens is 1. The molecule has 0 aromatic heterocycles. The summed E-state index contributed by atoms with van der Waals surface area (Å²) in [6.07, 6.45) is 0.971. The van der Waals surface area contributed by atoms with Gasteiger partial charge in [0.05, 0.1) is 5.56 Å². The average Bonchev–Trinajstić information content (AvgIpc) is 2.50. The van der Waals surface area contributed by atoms with E-state index in [1.807, 2.05) is 18.2 Å². The van der Waals surface area contributed by atoms with Crippen LogP contribution in [0.3, 0.4) is 0 Å². The van der Waals surface area contributed by atoms with Crippen molar-refractivity contribution in [2.75, 3.05) is 17.2 Å². The van der Waals surface area contributed by atoms with Crippen molar-refractivity contribution >= 4 is 17.3 Å². The fourth-order valence-corrected chi connectivity index (χ4v) is 2.03. The topological polar surface area (TPSA) is 41.1 Å². The summed E-state index contributed by atoms with van der Waals surface area (Å²) in [5.74, 6) is -0.576. The number of benzene rings is 2. The first-order valence-corrected chi connectivity index (χ1v) is 7.03. The lowest BCUT2D eigenvalue weighted by atomic mass is 10.1. The third-order valence-electron chi connectivity index (χ3n) is 3.25. The van der Waals surface area contributed by atoms with Gasteiger partial charge in [-0.25, -0.2) is 4.39 Å². The summed E-state index contributed by atoms with van der Waals surface area (Å²) in [6.45, 7) is 4.50. The molecule has 110 valence electrons. The van der Waals surface area contributed by atoms with Crippen LogP contribution < -0.4 is 10.6 Å². The zero-order valence-electron chi connectivity index (χ0n) is 12.2. The van der Waals surface area contributed by atoms with Crippen LogP contribution in [0.2, 0.25) is 0 Å². The minimum absolute atomic E-state index is 0.247. The molecular weight excluding hydrogens is 267 g/mol. The van der Waals surface area contributed by atoms with Gasteiger partial charge in [-0.05, 0) is 37.6 Å². The maximum atomic E-state index is 13.5. The molecule has 2 aromatic carbocycles. The molecule has 0 unspecified atom stereocenters. The van der Waals surface area contributed by atoms with E-state index in [2.05, 4.69) is 17.6 Å². The average molecular weight is 286 g/mol. The Balaban J connectivity index is 2.22. The van der Waals surface area contributed by atoms with Crippen LogP contribution in [-0.4, -0.2) is 12.5 Å². The van der Waals surface area contributed by atoms with Crippen LogP contribution in [0.15, 0.2) is 42.5 Å². The summed E-state index contributed by atoms with van der Waals surface area (Å²) < 4.78 is 13.5. The molecule has 0 atom stereocenters. The van der Waals surface area contributed by atoms with Crippen LogP contribution in [0.1, 0.15) is 29.3 Å². The molecule has 0 aliphatic rings. The van der Waals surface area contributed by atoms with Crippen LogP contribution >= 0.6 is 0 Å². The minimum atomic E-state index is -0.329. The third-order valence-corrected chi connectivity index (χ3v) is 3.25. The maximum Gasteiger partial charge on any atom is 0.257 e. The molecule has 0 saturated heterocycles. The molecule has 3 nitrogen and oxygen atoms in total. The molecule has 2 rings (SSSR count). The van der Waals surface area contributed by atoms with Crippen LogP contribution in [0.5, 0.6) is 0 Å². The molecule has 0 saturated carbocycles. The number of hydrogen-bond donors (Lipinski definition) is 2. The molecular formula is C17H19FN2O. The molecule has 0 bridgehead atoms. The van der Waals surface area contributed by atoms with Crippen molar-refractivity contribution in [3.8, 4) is 0 Å². The molecule has 21 heavy (non-hydrogen) atoms. The third kappa shape index (κ3) is 3.60. The zero-order chi connectivity index (χ0) is 15.2. The Bertz CT molecular complexity index is 640. The van der Waals surface area contributed by atoms with Gasteiger partial charge in [0.25, 0.3) is 5.91 Å². The standard InChI is InChI=1S/C17H19FN2O/c1-3-11-19-16-9-5-4-7-13(16)17(21)20-15-10-6-8-14(18)12(15)2/h4-10,19H,3,11H2,1-2H3,(H,20,21). The lowest BCUT2D eigenvalue weighted by molar-refractivity contribution is 0.102. The van der Waals surface area contributed by atoms with E-state index in [0.717, 1.165) is 18.7 Å². The van der Waals surface area contributed by atoms with Gasteiger partial charge in [-0.3, -0.25) is 4.79 Å². The van der Waals surface area contributed by atoms with Gasteiger partial charge in [-0.2, -0.15) is 0 Å². The Labute approximate surface area is 124 Å². The summed E-state index contributed by atoms with van der Waals surface area (Å²) in [5.41, 5.74) is 2.26. The summed E-state index contributed by atoms with van der Waals surface area (Å²) in [4.78, 5) is 12.4. The van der Waals surface area contributed by atoms with E-state index in [9.17, 15) is 9.18 Å². The SMILES string of the molecule is CCCNc1ccccc1C(=O)Nc1cccc(F)c1C. The van der Waals surface area contributed by atoms with Gasteiger partial charge in [0.1, 0.15) is 5.82 Å². The number of rotatable bonds is 5. The summed E-state index contributed by atoms with van der Waals surface area (Å²) >= 11 is 0. The van der Waals surface area contributed by atoms with Gasteiger partial charge in [0.15, 0.2) is 0 Å². The monoisotopic (exact) mass is 286 g/mol. The molecule has 0 aliphatic carbocycles.